The first-order chi connectivity index (χ1) is 25.1. The van der Waals surface area contributed by atoms with E-state index >= 15 is 0 Å². The number of ether oxygens (including phenoxy) is 1. The predicted octanol–water partition coefficient (Wildman–Crippen LogP) is 6.68. The van der Waals surface area contributed by atoms with Crippen molar-refractivity contribution < 1.29 is 18.6 Å². The molecular formula is C40H42F2N6O4. The molecule has 1 aliphatic rings. The summed E-state index contributed by atoms with van der Waals surface area (Å²) in [6, 6.07) is 16.6. The minimum absolute atomic E-state index is 0.0366. The Kier molecular flexibility index (Phi) is 10.0. The van der Waals surface area contributed by atoms with Crippen molar-refractivity contribution in [1.29, 1.82) is 0 Å². The number of fused-ring (bicyclic) bond motifs is 2. The molecule has 10 nitrogen and oxygen atoms in total. The highest BCUT2D eigenvalue weighted by atomic mass is 19.1. The van der Waals surface area contributed by atoms with Crippen molar-refractivity contribution in [3.8, 4) is 22.6 Å². The topological polar surface area (TPSA) is 107 Å². The monoisotopic (exact) mass is 708 g/mol. The Hall–Kier alpha value is -5.20. The van der Waals surface area contributed by atoms with Crippen molar-refractivity contribution in [2.24, 2.45) is 5.92 Å². The lowest BCUT2D eigenvalue weighted by Gasteiger charge is -2.30. The van der Waals surface area contributed by atoms with Crippen LogP contribution >= 0.6 is 0 Å². The molecule has 0 saturated heterocycles. The summed E-state index contributed by atoms with van der Waals surface area (Å²) >= 11 is 0. The predicted molar refractivity (Wildman–Crippen MR) is 196 cm³/mol. The molecule has 0 bridgehead atoms. The molecule has 1 fully saturated rings. The van der Waals surface area contributed by atoms with Crippen LogP contribution in [0.15, 0.2) is 88.8 Å². The molecule has 0 unspecified atom stereocenters. The van der Waals surface area contributed by atoms with Gasteiger partial charge in [-0.3, -0.25) is 14.3 Å². The van der Waals surface area contributed by atoms with Crippen LogP contribution in [0.1, 0.15) is 56.3 Å². The van der Waals surface area contributed by atoms with Crippen LogP contribution in [0.2, 0.25) is 0 Å². The molecule has 12 heteroatoms. The van der Waals surface area contributed by atoms with Crippen molar-refractivity contribution in [3.05, 3.63) is 123 Å². The van der Waals surface area contributed by atoms with Crippen molar-refractivity contribution >= 4 is 16.7 Å². The molecule has 7 rings (SSSR count). The molecular weight excluding hydrogens is 666 g/mol. The van der Waals surface area contributed by atoms with E-state index < -0.39 is 17.1 Å². The molecule has 4 heterocycles. The lowest BCUT2D eigenvalue weighted by Crippen LogP contribution is -2.43. The van der Waals surface area contributed by atoms with E-state index in [9.17, 15) is 23.5 Å². The van der Waals surface area contributed by atoms with Crippen LogP contribution < -0.4 is 11.2 Å². The van der Waals surface area contributed by atoms with Gasteiger partial charge in [-0.05, 0) is 118 Å². The van der Waals surface area contributed by atoms with E-state index in [1.165, 1.54) is 21.4 Å². The number of aromatic nitrogens is 5. The first-order valence-corrected chi connectivity index (χ1v) is 17.7. The van der Waals surface area contributed by atoms with Gasteiger partial charge in [0.1, 0.15) is 23.0 Å². The van der Waals surface area contributed by atoms with Gasteiger partial charge in [-0.1, -0.05) is 18.2 Å². The number of hydrogen-bond acceptors (Lipinski definition) is 7. The maximum Gasteiger partial charge on any atom is 0.337 e. The number of phenols is 1. The zero-order valence-corrected chi connectivity index (χ0v) is 29.5. The van der Waals surface area contributed by atoms with E-state index in [0.717, 1.165) is 60.3 Å². The molecule has 0 radical (unpaired) electrons. The van der Waals surface area contributed by atoms with Gasteiger partial charge in [-0.15, -0.1) is 0 Å². The van der Waals surface area contributed by atoms with Crippen molar-refractivity contribution in [3.63, 3.8) is 0 Å². The molecule has 1 atom stereocenters. The number of methoxy groups -OCH3 is 1. The van der Waals surface area contributed by atoms with Crippen molar-refractivity contribution in [2.45, 2.75) is 64.1 Å². The third kappa shape index (κ3) is 7.13. The second-order valence-corrected chi connectivity index (χ2v) is 14.0. The molecule has 52 heavy (non-hydrogen) atoms. The number of likely N-dealkylation sites (N-methyl/N-ethyl adjacent to an activating group) is 1. The van der Waals surface area contributed by atoms with E-state index in [1.807, 2.05) is 37.5 Å². The first-order valence-electron chi connectivity index (χ1n) is 17.7. The third-order valence-corrected chi connectivity index (χ3v) is 10.4. The fraction of sp³-hybridized carbons (Fsp3) is 0.350. The van der Waals surface area contributed by atoms with Crippen LogP contribution in [0.4, 0.5) is 8.78 Å². The number of aryl methyl sites for hydroxylation is 1. The summed E-state index contributed by atoms with van der Waals surface area (Å²) in [6.07, 6.45) is 8.79. The minimum Gasteiger partial charge on any atom is -0.508 e. The van der Waals surface area contributed by atoms with Gasteiger partial charge in [0.05, 0.1) is 29.6 Å². The maximum atomic E-state index is 14.6. The molecule has 4 aromatic heterocycles. The third-order valence-electron chi connectivity index (χ3n) is 10.4. The fourth-order valence-electron chi connectivity index (χ4n) is 7.52. The summed E-state index contributed by atoms with van der Waals surface area (Å²) in [7, 11) is 3.65. The highest BCUT2D eigenvalue weighted by Crippen LogP contribution is 2.34. The van der Waals surface area contributed by atoms with E-state index in [-0.39, 0.29) is 34.7 Å². The van der Waals surface area contributed by atoms with Crippen LogP contribution in [0.25, 0.3) is 33.5 Å². The number of aromatic hydroxyl groups is 1. The maximum absolute atomic E-state index is 14.6. The fourth-order valence-corrected chi connectivity index (χ4v) is 7.52. The second kappa shape index (κ2) is 14.8. The van der Waals surface area contributed by atoms with Gasteiger partial charge in [0.15, 0.2) is 5.65 Å². The zero-order chi connectivity index (χ0) is 36.5. The summed E-state index contributed by atoms with van der Waals surface area (Å²) in [4.78, 5) is 39.4. The van der Waals surface area contributed by atoms with Gasteiger partial charge < -0.3 is 14.2 Å². The van der Waals surface area contributed by atoms with Gasteiger partial charge in [0.25, 0.3) is 5.56 Å². The van der Waals surface area contributed by atoms with E-state index in [2.05, 4.69) is 21.8 Å². The Labute approximate surface area is 299 Å². The molecule has 0 aliphatic heterocycles. The Bertz CT molecular complexity index is 2360. The summed E-state index contributed by atoms with van der Waals surface area (Å²) in [5.74, 6) is -0.454. The number of hydrogen-bond donors (Lipinski definition) is 1. The lowest BCUT2D eigenvalue weighted by molar-refractivity contribution is 0.112. The van der Waals surface area contributed by atoms with Gasteiger partial charge in [-0.25, -0.2) is 28.1 Å². The number of halogens is 2. The molecule has 1 N–H and O–H groups in total. The van der Waals surface area contributed by atoms with E-state index in [0.29, 0.717) is 43.2 Å². The lowest BCUT2D eigenvalue weighted by atomic mass is 9.83. The number of nitrogens with zero attached hydrogens (tertiary/aromatic N) is 6. The van der Waals surface area contributed by atoms with Gasteiger partial charge in [-0.2, -0.15) is 0 Å². The average Bonchev–Trinajstić information content (AvgIpc) is 3.54. The Balaban J connectivity index is 1.19. The Morgan fingerprint density at radius 1 is 1.00 bits per heavy atom. The molecule has 0 amide bonds. The Morgan fingerprint density at radius 2 is 1.81 bits per heavy atom. The number of pyridine rings is 2. The van der Waals surface area contributed by atoms with Crippen LogP contribution in [0, 0.1) is 17.6 Å². The average molecular weight is 709 g/mol. The van der Waals surface area contributed by atoms with E-state index in [4.69, 9.17) is 4.74 Å². The normalized spacial score (nSPS) is 17.0. The summed E-state index contributed by atoms with van der Waals surface area (Å²) in [6.45, 7) is 3.15. The van der Waals surface area contributed by atoms with Crippen molar-refractivity contribution in [2.75, 3.05) is 20.8 Å². The summed E-state index contributed by atoms with van der Waals surface area (Å²) in [5.41, 5.74) is 3.66. The molecule has 270 valence electrons. The number of imidazole rings is 1. The Morgan fingerprint density at radius 3 is 2.60 bits per heavy atom. The minimum atomic E-state index is -0.658. The van der Waals surface area contributed by atoms with Crippen LogP contribution in [-0.4, -0.2) is 60.3 Å². The highest BCUT2D eigenvalue weighted by molar-refractivity contribution is 5.77. The quantitative estimate of drug-likeness (QED) is 0.160. The SMILES string of the molecule is COC[C@H](C)N(C)Cc1cc(O)ccc1-c1cccc(-n2c(=O)n(C3CCC(CCc4cn5cc(F)ccc5n4)CC3)c(=O)c3cc(F)cnc32)c1. The highest BCUT2D eigenvalue weighted by Gasteiger charge is 2.27. The summed E-state index contributed by atoms with van der Waals surface area (Å²) < 4.78 is 38.0. The zero-order valence-electron chi connectivity index (χ0n) is 29.5. The smallest absolute Gasteiger partial charge is 0.337 e. The molecule has 1 aliphatic carbocycles. The molecule has 6 aromatic rings. The van der Waals surface area contributed by atoms with Crippen molar-refractivity contribution in [1.82, 2.24) is 28.4 Å². The molecule has 0 spiro atoms. The number of benzene rings is 2. The standard InChI is InChI=1S/C40H42F2N6O4/c1-25(24-52-3)45(2)21-28-18-34(49)14-15-35(28)27-5-4-6-33(17-27)47-38-36(19-30(42)20-43-38)39(50)48(40(47)51)32-12-8-26(9-13-32)7-11-31-23-46-22-29(41)10-16-37(46)44-31/h4-6,10,14-20,22-23,25-26,32,49H,7-9,11-13,21,24H2,1-3H3/t25-,26?,32?/m0/s1. The largest absolute Gasteiger partial charge is 0.508 e. The number of phenolic OH excluding ortho intramolecular Hbond substituents is 1. The van der Waals surface area contributed by atoms with Gasteiger partial charge in [0.2, 0.25) is 0 Å². The van der Waals surface area contributed by atoms with Crippen LogP contribution in [-0.2, 0) is 17.7 Å². The first kappa shape index (κ1) is 35.2. The second-order valence-electron chi connectivity index (χ2n) is 14.0. The van der Waals surface area contributed by atoms with Crippen LogP contribution in [0.3, 0.4) is 0 Å². The van der Waals surface area contributed by atoms with Gasteiger partial charge in [0, 0.05) is 38.1 Å². The van der Waals surface area contributed by atoms with E-state index in [1.54, 1.807) is 35.8 Å². The molecule has 2 aromatic carbocycles. The molecule has 1 saturated carbocycles. The summed E-state index contributed by atoms with van der Waals surface area (Å²) in [5, 5.41) is 10.4. The van der Waals surface area contributed by atoms with Gasteiger partial charge >= 0.3 is 5.69 Å². The number of rotatable bonds is 11. The van der Waals surface area contributed by atoms with Crippen LogP contribution in [0.5, 0.6) is 5.75 Å².